The largest absolute Gasteiger partial charge is 0.373 e. The molecule has 2 aliphatic rings. The normalized spacial score (nSPS) is 30.0. The molecule has 2 fully saturated rings. The molecule has 2 amide bonds. The lowest BCUT2D eigenvalue weighted by Gasteiger charge is -2.16. The summed E-state index contributed by atoms with van der Waals surface area (Å²) in [7, 11) is 0. The Balaban J connectivity index is 1.72. The molecule has 0 bridgehead atoms. The molecule has 1 saturated heterocycles. The molecule has 0 aromatic rings. The van der Waals surface area contributed by atoms with Gasteiger partial charge in [-0.1, -0.05) is 0 Å². The maximum absolute atomic E-state index is 11.4. The molecule has 1 heterocycles. The second kappa shape index (κ2) is 3.42. The average molecular weight is 198 g/mol. The maximum Gasteiger partial charge on any atom is 0.315 e. The Morgan fingerprint density at radius 1 is 1.29 bits per heavy atom. The number of amides is 2. The van der Waals surface area contributed by atoms with Crippen molar-refractivity contribution in [2.24, 2.45) is 0 Å². The van der Waals surface area contributed by atoms with Crippen LogP contribution in [0.1, 0.15) is 33.1 Å². The van der Waals surface area contributed by atoms with Crippen molar-refractivity contribution < 1.29 is 9.53 Å². The Bertz CT molecular complexity index is 236. The summed E-state index contributed by atoms with van der Waals surface area (Å²) >= 11 is 0. The van der Waals surface area contributed by atoms with Gasteiger partial charge in [-0.2, -0.15) is 0 Å². The van der Waals surface area contributed by atoms with Crippen molar-refractivity contribution in [3.05, 3.63) is 0 Å². The van der Waals surface area contributed by atoms with Gasteiger partial charge in [0.1, 0.15) is 0 Å². The molecule has 4 heteroatoms. The van der Waals surface area contributed by atoms with E-state index >= 15 is 0 Å². The van der Waals surface area contributed by atoms with Crippen LogP contribution in [-0.2, 0) is 4.74 Å². The van der Waals surface area contributed by atoms with E-state index in [-0.39, 0.29) is 17.7 Å². The van der Waals surface area contributed by atoms with Crippen LogP contribution in [0.4, 0.5) is 4.79 Å². The summed E-state index contributed by atoms with van der Waals surface area (Å²) in [5.74, 6) is 0. The van der Waals surface area contributed by atoms with Crippen LogP contribution in [0, 0.1) is 0 Å². The zero-order chi connectivity index (χ0) is 10.2. The standard InChI is InChI=1S/C10H18N2O2/c1-10(2)5-8(6-14-10)12-9(13)11-7-3-4-7/h7-8H,3-6H2,1-2H3,(H2,11,12,13). The molecule has 1 aliphatic carbocycles. The van der Waals surface area contributed by atoms with Crippen molar-refractivity contribution in [3.63, 3.8) is 0 Å². The van der Waals surface area contributed by atoms with E-state index < -0.39 is 0 Å². The lowest BCUT2D eigenvalue weighted by Crippen LogP contribution is -2.43. The van der Waals surface area contributed by atoms with Crippen LogP contribution < -0.4 is 10.6 Å². The molecule has 0 spiro atoms. The number of ether oxygens (including phenoxy) is 1. The molecule has 2 N–H and O–H groups in total. The molecular weight excluding hydrogens is 180 g/mol. The number of hydrogen-bond donors (Lipinski definition) is 2. The van der Waals surface area contributed by atoms with Gasteiger partial charge in [0.25, 0.3) is 0 Å². The van der Waals surface area contributed by atoms with Crippen molar-refractivity contribution >= 4 is 6.03 Å². The molecule has 1 unspecified atom stereocenters. The highest BCUT2D eigenvalue weighted by Crippen LogP contribution is 2.24. The summed E-state index contributed by atoms with van der Waals surface area (Å²) in [6.45, 7) is 4.73. The third-order valence-electron chi connectivity index (χ3n) is 2.66. The van der Waals surface area contributed by atoms with E-state index in [1.807, 2.05) is 13.8 Å². The van der Waals surface area contributed by atoms with Crippen LogP contribution in [0.15, 0.2) is 0 Å². The highest BCUT2D eigenvalue weighted by atomic mass is 16.5. The van der Waals surface area contributed by atoms with Gasteiger partial charge in [0.05, 0.1) is 18.2 Å². The topological polar surface area (TPSA) is 50.4 Å². The predicted molar refractivity (Wildman–Crippen MR) is 53.1 cm³/mol. The van der Waals surface area contributed by atoms with Crippen LogP contribution >= 0.6 is 0 Å². The first-order chi connectivity index (χ1) is 6.55. The van der Waals surface area contributed by atoms with Crippen LogP contribution in [0.25, 0.3) is 0 Å². The highest BCUT2D eigenvalue weighted by Gasteiger charge is 2.33. The van der Waals surface area contributed by atoms with Crippen molar-refractivity contribution in [1.29, 1.82) is 0 Å². The second-order valence-corrected chi connectivity index (χ2v) is 4.86. The summed E-state index contributed by atoms with van der Waals surface area (Å²) in [6, 6.07) is 0.549. The molecule has 0 radical (unpaired) electrons. The quantitative estimate of drug-likeness (QED) is 0.696. The molecule has 14 heavy (non-hydrogen) atoms. The van der Waals surface area contributed by atoms with Crippen molar-refractivity contribution in [2.45, 2.75) is 50.8 Å². The Kier molecular flexibility index (Phi) is 2.39. The number of hydrogen-bond acceptors (Lipinski definition) is 2. The van der Waals surface area contributed by atoms with E-state index in [0.29, 0.717) is 12.6 Å². The summed E-state index contributed by atoms with van der Waals surface area (Å²) in [5.41, 5.74) is -0.0858. The van der Waals surface area contributed by atoms with Gasteiger partial charge in [-0.15, -0.1) is 0 Å². The van der Waals surface area contributed by atoms with Gasteiger partial charge in [0.15, 0.2) is 0 Å². The minimum absolute atomic E-state index is 0.0428. The Morgan fingerprint density at radius 2 is 1.93 bits per heavy atom. The Hall–Kier alpha value is -0.770. The van der Waals surface area contributed by atoms with Crippen LogP contribution in [0.2, 0.25) is 0 Å². The highest BCUT2D eigenvalue weighted by molar-refractivity contribution is 5.74. The fourth-order valence-corrected chi connectivity index (χ4v) is 1.77. The zero-order valence-corrected chi connectivity index (χ0v) is 8.80. The first-order valence-electron chi connectivity index (χ1n) is 5.26. The minimum atomic E-state index is -0.0858. The molecule has 1 saturated carbocycles. The first kappa shape index (κ1) is 9.77. The number of urea groups is 1. The molecular formula is C10H18N2O2. The van der Waals surface area contributed by atoms with Crippen molar-refractivity contribution in [1.82, 2.24) is 10.6 Å². The maximum atomic E-state index is 11.4. The summed E-state index contributed by atoms with van der Waals surface area (Å²) < 4.78 is 5.53. The minimum Gasteiger partial charge on any atom is -0.373 e. The Morgan fingerprint density at radius 3 is 2.43 bits per heavy atom. The number of nitrogens with one attached hydrogen (secondary N) is 2. The predicted octanol–water partition coefficient (Wildman–Crippen LogP) is 1.02. The fourth-order valence-electron chi connectivity index (χ4n) is 1.77. The molecule has 0 aromatic carbocycles. The first-order valence-corrected chi connectivity index (χ1v) is 5.26. The summed E-state index contributed by atoms with van der Waals surface area (Å²) in [5, 5.41) is 5.83. The van der Waals surface area contributed by atoms with Gasteiger partial charge >= 0.3 is 6.03 Å². The Labute approximate surface area is 84.4 Å². The van der Waals surface area contributed by atoms with Gasteiger partial charge < -0.3 is 15.4 Å². The van der Waals surface area contributed by atoms with E-state index in [1.54, 1.807) is 0 Å². The van der Waals surface area contributed by atoms with Crippen molar-refractivity contribution in [3.8, 4) is 0 Å². The van der Waals surface area contributed by atoms with E-state index in [9.17, 15) is 4.79 Å². The SMILES string of the molecule is CC1(C)CC(NC(=O)NC2CC2)CO1. The third kappa shape index (κ3) is 2.61. The number of carbonyl (C=O) groups is 1. The van der Waals surface area contributed by atoms with Gasteiger partial charge in [0, 0.05) is 6.04 Å². The number of carbonyl (C=O) groups excluding carboxylic acids is 1. The lowest BCUT2D eigenvalue weighted by molar-refractivity contribution is 0.0358. The molecule has 0 aromatic heterocycles. The van der Waals surface area contributed by atoms with Gasteiger partial charge in [-0.3, -0.25) is 0 Å². The van der Waals surface area contributed by atoms with Crippen LogP contribution in [0.3, 0.4) is 0 Å². The van der Waals surface area contributed by atoms with Gasteiger partial charge in [-0.25, -0.2) is 4.79 Å². The monoisotopic (exact) mass is 198 g/mol. The lowest BCUT2D eigenvalue weighted by atomic mass is 10.0. The van der Waals surface area contributed by atoms with E-state index in [1.165, 1.54) is 0 Å². The average Bonchev–Trinajstić information content (AvgIpc) is 2.78. The van der Waals surface area contributed by atoms with Crippen molar-refractivity contribution in [2.75, 3.05) is 6.61 Å². The van der Waals surface area contributed by atoms with Gasteiger partial charge in [-0.05, 0) is 33.1 Å². The molecule has 1 aliphatic heterocycles. The molecule has 2 rings (SSSR count). The zero-order valence-electron chi connectivity index (χ0n) is 8.80. The second-order valence-electron chi connectivity index (χ2n) is 4.86. The van der Waals surface area contributed by atoms with Crippen LogP contribution in [-0.4, -0.2) is 30.3 Å². The van der Waals surface area contributed by atoms with E-state index in [2.05, 4.69) is 10.6 Å². The fraction of sp³-hybridized carbons (Fsp3) is 0.900. The summed E-state index contributed by atoms with van der Waals surface area (Å²) in [4.78, 5) is 11.4. The van der Waals surface area contributed by atoms with Crippen LogP contribution in [0.5, 0.6) is 0 Å². The van der Waals surface area contributed by atoms with Gasteiger partial charge in [0.2, 0.25) is 0 Å². The van der Waals surface area contributed by atoms with E-state index in [0.717, 1.165) is 19.3 Å². The molecule has 1 atom stereocenters. The van der Waals surface area contributed by atoms with E-state index in [4.69, 9.17) is 4.74 Å². The summed E-state index contributed by atoms with van der Waals surface area (Å²) in [6.07, 6.45) is 3.14. The third-order valence-corrected chi connectivity index (χ3v) is 2.66. The smallest absolute Gasteiger partial charge is 0.315 e. The number of rotatable bonds is 2. The molecule has 80 valence electrons. The molecule has 4 nitrogen and oxygen atoms in total.